The summed E-state index contributed by atoms with van der Waals surface area (Å²) in [4.78, 5) is 13.8. The summed E-state index contributed by atoms with van der Waals surface area (Å²) in [5, 5.41) is 4.98. The predicted molar refractivity (Wildman–Crippen MR) is 125 cm³/mol. The first-order chi connectivity index (χ1) is 15.5. The van der Waals surface area contributed by atoms with Gasteiger partial charge in [0.2, 0.25) is 0 Å². The van der Waals surface area contributed by atoms with Gasteiger partial charge in [0.05, 0.1) is 5.69 Å². The van der Waals surface area contributed by atoms with E-state index in [1.807, 2.05) is 41.8 Å². The Labute approximate surface area is 187 Å². The molecule has 7 heteroatoms. The van der Waals surface area contributed by atoms with E-state index in [4.69, 9.17) is 10.1 Å². The van der Waals surface area contributed by atoms with Crippen molar-refractivity contribution in [2.24, 2.45) is 0 Å². The minimum atomic E-state index is -0.269. The van der Waals surface area contributed by atoms with Crippen LogP contribution < -0.4 is 4.90 Å². The van der Waals surface area contributed by atoms with Gasteiger partial charge in [0.15, 0.2) is 5.65 Å². The molecular weight excluding hydrogens is 403 g/mol. The van der Waals surface area contributed by atoms with Gasteiger partial charge >= 0.3 is 0 Å². The fourth-order valence-corrected chi connectivity index (χ4v) is 4.40. The molecule has 4 heterocycles. The Bertz CT molecular complexity index is 1220. The molecule has 0 radical (unpaired) electrons. The fourth-order valence-electron chi connectivity index (χ4n) is 4.40. The molecule has 1 aromatic carbocycles. The van der Waals surface area contributed by atoms with Crippen molar-refractivity contribution in [3.8, 4) is 22.5 Å². The number of rotatable bonds is 4. The van der Waals surface area contributed by atoms with E-state index in [0.717, 1.165) is 60.0 Å². The van der Waals surface area contributed by atoms with Gasteiger partial charge in [-0.3, -0.25) is 9.88 Å². The van der Waals surface area contributed by atoms with Crippen molar-refractivity contribution in [2.45, 2.75) is 26.8 Å². The normalized spacial score (nSPS) is 15.1. The maximum atomic E-state index is 14.2. The molecule has 1 aliphatic rings. The van der Waals surface area contributed by atoms with E-state index in [0.29, 0.717) is 11.7 Å². The van der Waals surface area contributed by atoms with Crippen LogP contribution in [0.2, 0.25) is 0 Å². The van der Waals surface area contributed by atoms with Crippen molar-refractivity contribution in [2.75, 3.05) is 31.1 Å². The summed E-state index contributed by atoms with van der Waals surface area (Å²) in [5.41, 5.74) is 4.83. The zero-order chi connectivity index (χ0) is 22.2. The van der Waals surface area contributed by atoms with Crippen molar-refractivity contribution in [1.29, 1.82) is 0 Å². The molecule has 0 unspecified atom stereocenters. The van der Waals surface area contributed by atoms with Crippen molar-refractivity contribution < 1.29 is 4.39 Å². The second-order valence-corrected chi connectivity index (χ2v) is 8.64. The first-order valence-electron chi connectivity index (χ1n) is 11.1. The molecule has 1 aliphatic heterocycles. The van der Waals surface area contributed by atoms with Crippen LogP contribution >= 0.6 is 0 Å². The average Bonchev–Trinajstić information content (AvgIpc) is 3.18. The minimum absolute atomic E-state index is 0.269. The Morgan fingerprint density at radius 3 is 2.34 bits per heavy atom. The van der Waals surface area contributed by atoms with Gasteiger partial charge in [-0.15, -0.1) is 5.10 Å². The van der Waals surface area contributed by atoms with Gasteiger partial charge in [-0.1, -0.05) is 0 Å². The Hall–Kier alpha value is -3.32. The first kappa shape index (κ1) is 20.6. The minimum Gasteiger partial charge on any atom is -0.353 e. The highest BCUT2D eigenvalue weighted by Crippen LogP contribution is 2.33. The first-order valence-corrected chi connectivity index (χ1v) is 11.1. The third-order valence-electron chi connectivity index (χ3n) is 6.10. The lowest BCUT2D eigenvalue weighted by Crippen LogP contribution is -2.49. The van der Waals surface area contributed by atoms with Crippen molar-refractivity contribution in [3.05, 3.63) is 66.2 Å². The molecule has 0 bridgehead atoms. The Balaban J connectivity index is 1.62. The monoisotopic (exact) mass is 430 g/mol. The van der Waals surface area contributed by atoms with Gasteiger partial charge in [0.25, 0.3) is 0 Å². The van der Waals surface area contributed by atoms with Gasteiger partial charge in [-0.05, 0) is 68.8 Å². The Morgan fingerprint density at radius 1 is 0.906 bits per heavy atom. The number of nitrogens with zero attached hydrogens (tertiary/aromatic N) is 6. The van der Waals surface area contributed by atoms with E-state index in [9.17, 15) is 4.39 Å². The van der Waals surface area contributed by atoms with Crippen molar-refractivity contribution in [3.63, 3.8) is 0 Å². The molecule has 5 rings (SSSR count). The Morgan fingerprint density at radius 2 is 1.66 bits per heavy atom. The van der Waals surface area contributed by atoms with E-state index < -0.39 is 0 Å². The maximum absolute atomic E-state index is 14.2. The molecule has 1 saturated heterocycles. The number of imidazole rings is 1. The number of piperazine rings is 1. The summed E-state index contributed by atoms with van der Waals surface area (Å²) < 4.78 is 16.1. The SMILES string of the molecule is Cc1cc(F)cc(-c2nc3ccc(N4CCN(C(C)C)CC4)nn3c2-c2ccncc2)c1. The summed E-state index contributed by atoms with van der Waals surface area (Å²) in [5.74, 6) is 0.657. The molecule has 4 aromatic rings. The van der Waals surface area contributed by atoms with Crippen LogP contribution in [0.3, 0.4) is 0 Å². The summed E-state index contributed by atoms with van der Waals surface area (Å²) in [6, 6.07) is 13.5. The predicted octanol–water partition coefficient (Wildman–Crippen LogP) is 4.44. The smallest absolute Gasteiger partial charge is 0.155 e. The molecule has 3 aromatic heterocycles. The highest BCUT2D eigenvalue weighted by Gasteiger charge is 2.22. The van der Waals surface area contributed by atoms with Crippen LogP contribution in [0.15, 0.2) is 54.9 Å². The lowest BCUT2D eigenvalue weighted by molar-refractivity contribution is 0.209. The van der Waals surface area contributed by atoms with Crippen LogP contribution in [-0.4, -0.2) is 56.7 Å². The standard InChI is InChI=1S/C25H27FN6/c1-17(2)30-10-12-31(13-11-30)23-5-4-22-28-24(20-14-18(3)15-21(26)16-20)25(32(22)29-23)19-6-8-27-9-7-19/h4-9,14-17H,10-13H2,1-3H3. The molecule has 0 amide bonds. The lowest BCUT2D eigenvalue weighted by Gasteiger charge is -2.37. The number of halogens is 1. The largest absolute Gasteiger partial charge is 0.353 e. The number of pyridine rings is 1. The number of fused-ring (bicyclic) bond motifs is 1. The summed E-state index contributed by atoms with van der Waals surface area (Å²) in [6.07, 6.45) is 3.51. The highest BCUT2D eigenvalue weighted by atomic mass is 19.1. The number of aromatic nitrogens is 4. The van der Waals surface area contributed by atoms with Crippen molar-refractivity contribution >= 4 is 11.5 Å². The second kappa shape index (κ2) is 8.31. The van der Waals surface area contributed by atoms with Crippen LogP contribution in [0.4, 0.5) is 10.2 Å². The molecule has 164 valence electrons. The second-order valence-electron chi connectivity index (χ2n) is 8.64. The molecule has 32 heavy (non-hydrogen) atoms. The van der Waals surface area contributed by atoms with Crippen LogP contribution in [0.25, 0.3) is 28.2 Å². The molecule has 0 saturated carbocycles. The summed E-state index contributed by atoms with van der Waals surface area (Å²) in [6.45, 7) is 10.3. The molecule has 0 spiro atoms. The van der Waals surface area contributed by atoms with Gasteiger partial charge in [-0.2, -0.15) is 0 Å². The van der Waals surface area contributed by atoms with E-state index in [2.05, 4.69) is 28.6 Å². The van der Waals surface area contributed by atoms with E-state index in [1.54, 1.807) is 12.4 Å². The fraction of sp³-hybridized carbons (Fsp3) is 0.320. The molecule has 0 atom stereocenters. The number of anilines is 1. The third-order valence-corrected chi connectivity index (χ3v) is 6.10. The zero-order valence-electron chi connectivity index (χ0n) is 18.7. The van der Waals surface area contributed by atoms with Gasteiger partial charge in [0, 0.05) is 55.7 Å². The number of benzene rings is 1. The average molecular weight is 431 g/mol. The lowest BCUT2D eigenvalue weighted by atomic mass is 10.0. The molecule has 0 N–H and O–H groups in total. The number of hydrogen-bond donors (Lipinski definition) is 0. The van der Waals surface area contributed by atoms with Gasteiger partial charge in [0.1, 0.15) is 17.3 Å². The number of aryl methyl sites for hydroxylation is 1. The van der Waals surface area contributed by atoms with Crippen LogP contribution in [0.1, 0.15) is 19.4 Å². The zero-order valence-corrected chi connectivity index (χ0v) is 18.7. The molecule has 6 nitrogen and oxygen atoms in total. The van der Waals surface area contributed by atoms with Crippen LogP contribution in [0.5, 0.6) is 0 Å². The summed E-state index contributed by atoms with van der Waals surface area (Å²) in [7, 11) is 0. The number of hydrogen-bond acceptors (Lipinski definition) is 5. The maximum Gasteiger partial charge on any atom is 0.155 e. The molecular formula is C25H27FN6. The Kier molecular flexibility index (Phi) is 5.35. The van der Waals surface area contributed by atoms with Gasteiger partial charge in [-0.25, -0.2) is 13.9 Å². The van der Waals surface area contributed by atoms with Crippen molar-refractivity contribution in [1.82, 2.24) is 24.5 Å². The third kappa shape index (κ3) is 3.84. The molecule has 1 fully saturated rings. The summed E-state index contributed by atoms with van der Waals surface area (Å²) >= 11 is 0. The molecule has 0 aliphatic carbocycles. The van der Waals surface area contributed by atoms with E-state index >= 15 is 0 Å². The van der Waals surface area contributed by atoms with E-state index in [-0.39, 0.29) is 5.82 Å². The van der Waals surface area contributed by atoms with Crippen LogP contribution in [0, 0.1) is 12.7 Å². The quantitative estimate of drug-likeness (QED) is 0.479. The van der Waals surface area contributed by atoms with E-state index in [1.165, 1.54) is 12.1 Å². The van der Waals surface area contributed by atoms with Crippen LogP contribution in [-0.2, 0) is 0 Å². The van der Waals surface area contributed by atoms with Gasteiger partial charge < -0.3 is 4.90 Å². The highest BCUT2D eigenvalue weighted by molar-refractivity contribution is 5.82. The topological polar surface area (TPSA) is 49.6 Å².